The minimum absolute atomic E-state index is 0.235. The maximum atomic E-state index is 11.4. The number of ether oxygens (including phenoxy) is 1. The first-order valence-electron chi connectivity index (χ1n) is 6.22. The minimum Gasteiger partial charge on any atom is -0.458 e. The van der Waals surface area contributed by atoms with Crippen LogP contribution in [0.2, 0.25) is 0 Å². The first kappa shape index (κ1) is 13.4. The topological polar surface area (TPSA) is 51.5 Å². The Hall–Kier alpha value is -2.07. The molecule has 1 heterocycles. The van der Waals surface area contributed by atoms with E-state index in [1.165, 1.54) is 17.4 Å². The van der Waals surface area contributed by atoms with Gasteiger partial charge in [0.05, 0.1) is 6.26 Å². The molecule has 2 aromatic rings. The van der Waals surface area contributed by atoms with Gasteiger partial charge >= 0.3 is 5.97 Å². The van der Waals surface area contributed by atoms with E-state index >= 15 is 0 Å². The number of rotatable bonds is 6. The second-order valence-electron chi connectivity index (χ2n) is 4.28. The average molecular weight is 259 g/mol. The third-order valence-corrected chi connectivity index (χ3v) is 2.68. The molecule has 0 aliphatic rings. The van der Waals surface area contributed by atoms with Crippen LogP contribution in [0, 0.1) is 6.92 Å². The normalized spacial score (nSPS) is 10.4. The van der Waals surface area contributed by atoms with Crippen LogP contribution < -0.4 is 5.32 Å². The molecule has 19 heavy (non-hydrogen) atoms. The lowest BCUT2D eigenvalue weighted by Crippen LogP contribution is -2.21. The zero-order chi connectivity index (χ0) is 13.5. The Morgan fingerprint density at radius 2 is 2.05 bits per heavy atom. The minimum atomic E-state index is -0.429. The van der Waals surface area contributed by atoms with Crippen molar-refractivity contribution in [3.05, 3.63) is 59.5 Å². The first-order valence-corrected chi connectivity index (χ1v) is 6.22. The van der Waals surface area contributed by atoms with Crippen LogP contribution in [-0.2, 0) is 11.3 Å². The Kier molecular flexibility index (Phi) is 4.75. The number of furan rings is 1. The van der Waals surface area contributed by atoms with Crippen LogP contribution in [0.4, 0.5) is 0 Å². The van der Waals surface area contributed by atoms with Crippen molar-refractivity contribution >= 4 is 5.97 Å². The number of carbonyl (C=O) groups is 1. The molecular weight excluding hydrogens is 242 g/mol. The molecule has 1 N–H and O–H groups in total. The lowest BCUT2D eigenvalue weighted by molar-refractivity contribution is 0.0472. The number of esters is 1. The summed E-state index contributed by atoms with van der Waals surface area (Å²) in [6.45, 7) is 3.76. The van der Waals surface area contributed by atoms with E-state index < -0.39 is 5.97 Å². The largest absolute Gasteiger partial charge is 0.458 e. The molecule has 0 fully saturated rings. The number of hydrogen-bond acceptors (Lipinski definition) is 4. The van der Waals surface area contributed by atoms with Gasteiger partial charge in [-0.2, -0.15) is 0 Å². The van der Waals surface area contributed by atoms with Crippen molar-refractivity contribution in [3.63, 3.8) is 0 Å². The third-order valence-electron chi connectivity index (χ3n) is 2.68. The van der Waals surface area contributed by atoms with E-state index in [2.05, 4.69) is 36.5 Å². The van der Waals surface area contributed by atoms with Crippen molar-refractivity contribution in [2.24, 2.45) is 0 Å². The molecule has 0 unspecified atom stereocenters. The fraction of sp³-hybridized carbons (Fsp3) is 0.267. The van der Waals surface area contributed by atoms with Crippen molar-refractivity contribution in [2.45, 2.75) is 13.5 Å². The van der Waals surface area contributed by atoms with E-state index in [1.54, 1.807) is 12.1 Å². The maximum Gasteiger partial charge on any atom is 0.374 e. The molecule has 0 saturated heterocycles. The molecule has 2 rings (SSSR count). The Morgan fingerprint density at radius 3 is 2.74 bits per heavy atom. The summed E-state index contributed by atoms with van der Waals surface area (Å²) in [4.78, 5) is 11.4. The number of carbonyl (C=O) groups excluding carboxylic acids is 1. The highest BCUT2D eigenvalue weighted by molar-refractivity contribution is 5.86. The van der Waals surface area contributed by atoms with Gasteiger partial charge in [0.2, 0.25) is 5.76 Å². The third kappa shape index (κ3) is 4.26. The van der Waals surface area contributed by atoms with Crippen molar-refractivity contribution in [2.75, 3.05) is 13.2 Å². The Labute approximate surface area is 112 Å². The number of benzene rings is 1. The van der Waals surface area contributed by atoms with Crippen LogP contribution in [0.1, 0.15) is 21.7 Å². The van der Waals surface area contributed by atoms with Gasteiger partial charge in [-0.1, -0.05) is 29.8 Å². The molecule has 4 heteroatoms. The average Bonchev–Trinajstić information content (AvgIpc) is 2.94. The molecule has 100 valence electrons. The summed E-state index contributed by atoms with van der Waals surface area (Å²) in [5, 5.41) is 3.21. The Morgan fingerprint density at radius 1 is 1.26 bits per heavy atom. The lowest BCUT2D eigenvalue weighted by atomic mass is 10.1. The van der Waals surface area contributed by atoms with Crippen LogP contribution in [0.5, 0.6) is 0 Å². The van der Waals surface area contributed by atoms with E-state index in [-0.39, 0.29) is 5.76 Å². The van der Waals surface area contributed by atoms with Crippen LogP contribution >= 0.6 is 0 Å². The molecule has 0 spiro atoms. The van der Waals surface area contributed by atoms with Gasteiger partial charge in [0.1, 0.15) is 6.61 Å². The smallest absolute Gasteiger partial charge is 0.374 e. The maximum absolute atomic E-state index is 11.4. The van der Waals surface area contributed by atoms with Crippen molar-refractivity contribution in [1.82, 2.24) is 5.32 Å². The van der Waals surface area contributed by atoms with Gasteiger partial charge in [-0.05, 0) is 24.6 Å². The summed E-state index contributed by atoms with van der Waals surface area (Å²) < 4.78 is 9.99. The van der Waals surface area contributed by atoms with Gasteiger partial charge in [0.15, 0.2) is 0 Å². The Balaban J connectivity index is 1.62. The van der Waals surface area contributed by atoms with Crippen LogP contribution in [0.25, 0.3) is 0 Å². The second kappa shape index (κ2) is 6.75. The van der Waals surface area contributed by atoms with Gasteiger partial charge in [0.25, 0.3) is 0 Å². The van der Waals surface area contributed by atoms with Gasteiger partial charge in [-0.15, -0.1) is 0 Å². The van der Waals surface area contributed by atoms with Gasteiger partial charge in [-0.25, -0.2) is 4.79 Å². The van der Waals surface area contributed by atoms with E-state index in [4.69, 9.17) is 9.15 Å². The number of hydrogen-bond donors (Lipinski definition) is 1. The van der Waals surface area contributed by atoms with E-state index in [0.717, 1.165) is 6.54 Å². The lowest BCUT2D eigenvalue weighted by Gasteiger charge is -2.06. The highest BCUT2D eigenvalue weighted by Gasteiger charge is 2.08. The summed E-state index contributed by atoms with van der Waals surface area (Å²) in [6.07, 6.45) is 1.45. The number of aryl methyl sites for hydroxylation is 1. The van der Waals surface area contributed by atoms with E-state index in [1.807, 2.05) is 0 Å². The highest BCUT2D eigenvalue weighted by Crippen LogP contribution is 2.03. The highest BCUT2D eigenvalue weighted by atomic mass is 16.5. The summed E-state index contributed by atoms with van der Waals surface area (Å²) >= 11 is 0. The molecule has 0 atom stereocenters. The summed E-state index contributed by atoms with van der Waals surface area (Å²) in [6, 6.07) is 11.6. The van der Waals surface area contributed by atoms with E-state index in [0.29, 0.717) is 13.2 Å². The van der Waals surface area contributed by atoms with Crippen molar-refractivity contribution in [3.8, 4) is 0 Å². The molecular formula is C15H17NO3. The zero-order valence-electron chi connectivity index (χ0n) is 10.9. The number of nitrogens with one attached hydrogen (secondary N) is 1. The van der Waals surface area contributed by atoms with Crippen LogP contribution in [-0.4, -0.2) is 19.1 Å². The molecule has 0 aliphatic heterocycles. The summed E-state index contributed by atoms with van der Waals surface area (Å²) in [5.41, 5.74) is 2.46. The standard InChI is InChI=1S/C15H17NO3/c1-12-4-6-13(7-5-12)11-16-8-10-19-15(17)14-3-2-9-18-14/h2-7,9,16H,8,10-11H2,1H3. The predicted molar refractivity (Wildman–Crippen MR) is 71.9 cm³/mol. The fourth-order valence-corrected chi connectivity index (χ4v) is 1.62. The van der Waals surface area contributed by atoms with Crippen LogP contribution in [0.3, 0.4) is 0 Å². The second-order valence-corrected chi connectivity index (χ2v) is 4.28. The summed E-state index contributed by atoms with van der Waals surface area (Å²) in [5.74, 6) is -0.194. The molecule has 4 nitrogen and oxygen atoms in total. The van der Waals surface area contributed by atoms with Gasteiger partial charge < -0.3 is 14.5 Å². The van der Waals surface area contributed by atoms with Gasteiger partial charge in [0, 0.05) is 13.1 Å². The molecule has 0 saturated carbocycles. The molecule has 1 aromatic carbocycles. The van der Waals surface area contributed by atoms with Crippen molar-refractivity contribution in [1.29, 1.82) is 0 Å². The SMILES string of the molecule is Cc1ccc(CNCCOC(=O)c2ccco2)cc1. The summed E-state index contributed by atoms with van der Waals surface area (Å²) in [7, 11) is 0. The molecule has 0 aliphatic carbocycles. The Bertz CT molecular complexity index is 503. The van der Waals surface area contributed by atoms with Gasteiger partial charge in [-0.3, -0.25) is 0 Å². The zero-order valence-corrected chi connectivity index (χ0v) is 10.9. The molecule has 0 radical (unpaired) electrons. The quantitative estimate of drug-likeness (QED) is 0.640. The fourth-order valence-electron chi connectivity index (χ4n) is 1.62. The predicted octanol–water partition coefficient (Wildman–Crippen LogP) is 2.53. The monoisotopic (exact) mass is 259 g/mol. The van der Waals surface area contributed by atoms with E-state index in [9.17, 15) is 4.79 Å². The molecule has 0 amide bonds. The molecule has 0 bridgehead atoms. The first-order chi connectivity index (χ1) is 9.25. The van der Waals surface area contributed by atoms with Crippen LogP contribution in [0.15, 0.2) is 47.1 Å². The molecule has 1 aromatic heterocycles. The van der Waals surface area contributed by atoms with Crippen molar-refractivity contribution < 1.29 is 13.9 Å².